The van der Waals surface area contributed by atoms with Crippen LogP contribution >= 0.6 is 0 Å². The van der Waals surface area contributed by atoms with Crippen LogP contribution in [-0.4, -0.2) is 11.1 Å². The molecule has 0 saturated carbocycles. The molecule has 0 aliphatic rings. The molecule has 0 aliphatic carbocycles. The minimum Gasteiger partial charge on any atom is -0.481 e. The Morgan fingerprint density at radius 2 is 1.68 bits per heavy atom. The lowest BCUT2D eigenvalue weighted by molar-refractivity contribution is -0.138. The molecule has 110 valence electrons. The highest BCUT2D eigenvalue weighted by atomic mass is 16.4. The van der Waals surface area contributed by atoms with Crippen molar-refractivity contribution in [1.29, 1.82) is 0 Å². The molecule has 3 heteroatoms. The second kappa shape index (κ2) is 5.60. The van der Waals surface area contributed by atoms with Gasteiger partial charge >= 0.3 is 5.97 Å². The summed E-state index contributed by atoms with van der Waals surface area (Å²) in [5.41, 5.74) is 0.711. The van der Waals surface area contributed by atoms with Crippen LogP contribution in [0.3, 0.4) is 0 Å². The van der Waals surface area contributed by atoms with Crippen molar-refractivity contribution in [2.75, 3.05) is 0 Å². The Morgan fingerprint density at radius 1 is 1.00 bits per heavy atom. The van der Waals surface area contributed by atoms with Gasteiger partial charge in [0.1, 0.15) is 0 Å². The number of rotatable bonds is 3. The number of hydrogen-bond donors (Lipinski definition) is 1. The maximum absolute atomic E-state index is 12.7. The third kappa shape index (κ3) is 2.35. The van der Waals surface area contributed by atoms with E-state index in [1.165, 1.54) is 0 Å². The van der Waals surface area contributed by atoms with E-state index in [0.717, 1.165) is 16.3 Å². The minimum atomic E-state index is -0.838. The van der Waals surface area contributed by atoms with Gasteiger partial charge in [-0.2, -0.15) is 0 Å². The number of benzene rings is 2. The maximum atomic E-state index is 12.7. The summed E-state index contributed by atoms with van der Waals surface area (Å²) in [7, 11) is 0. The van der Waals surface area contributed by atoms with Gasteiger partial charge in [0, 0.05) is 10.8 Å². The highest BCUT2D eigenvalue weighted by Gasteiger charge is 2.17. The van der Waals surface area contributed by atoms with Gasteiger partial charge in [-0.05, 0) is 22.8 Å². The second-order valence-corrected chi connectivity index (χ2v) is 5.40. The lowest BCUT2D eigenvalue weighted by Gasteiger charge is -2.10. The van der Waals surface area contributed by atoms with Gasteiger partial charge in [0.15, 0.2) is 5.43 Å². The quantitative estimate of drug-likeness (QED) is 0.795. The van der Waals surface area contributed by atoms with Gasteiger partial charge in [0.25, 0.3) is 0 Å². The first-order valence-electron chi connectivity index (χ1n) is 7.30. The van der Waals surface area contributed by atoms with Crippen LogP contribution in [0.2, 0.25) is 0 Å². The van der Waals surface area contributed by atoms with Crippen LogP contribution in [0.15, 0.2) is 59.4 Å². The molecule has 3 aromatic carbocycles. The molecule has 3 nitrogen and oxygen atoms in total. The van der Waals surface area contributed by atoms with Gasteiger partial charge in [-0.1, -0.05) is 61.5 Å². The summed E-state index contributed by atoms with van der Waals surface area (Å²) in [5, 5.41) is 12.2. The van der Waals surface area contributed by atoms with Gasteiger partial charge in [0.2, 0.25) is 0 Å². The van der Waals surface area contributed by atoms with Crippen molar-refractivity contribution in [1.82, 2.24) is 0 Å². The molecule has 3 aromatic rings. The van der Waals surface area contributed by atoms with Crippen molar-refractivity contribution in [2.24, 2.45) is 0 Å². The molecule has 1 atom stereocenters. The Morgan fingerprint density at radius 3 is 2.41 bits per heavy atom. The molecule has 22 heavy (non-hydrogen) atoms. The fourth-order valence-electron chi connectivity index (χ4n) is 2.87. The molecule has 0 aromatic heterocycles. The third-order valence-electron chi connectivity index (χ3n) is 4.08. The summed E-state index contributed by atoms with van der Waals surface area (Å²) in [4.78, 5) is 24.0. The Bertz CT molecular complexity index is 928. The molecular weight excluding hydrogens is 276 g/mol. The summed E-state index contributed by atoms with van der Waals surface area (Å²) in [6.45, 7) is 1.85. The summed E-state index contributed by atoms with van der Waals surface area (Å²) in [6, 6.07) is 16.6. The summed E-state index contributed by atoms with van der Waals surface area (Å²) >= 11 is 0. The largest absolute Gasteiger partial charge is 0.481 e. The van der Waals surface area contributed by atoms with Crippen LogP contribution < -0.4 is 5.43 Å². The van der Waals surface area contributed by atoms with Crippen molar-refractivity contribution < 1.29 is 9.90 Å². The average Bonchev–Trinajstić information content (AvgIpc) is 2.66. The monoisotopic (exact) mass is 292 g/mol. The molecule has 0 radical (unpaired) electrons. The lowest BCUT2D eigenvalue weighted by Crippen LogP contribution is -2.10. The summed E-state index contributed by atoms with van der Waals surface area (Å²) < 4.78 is 0. The first-order valence-corrected chi connectivity index (χ1v) is 7.30. The highest BCUT2D eigenvalue weighted by molar-refractivity contribution is 5.93. The summed E-state index contributed by atoms with van der Waals surface area (Å²) in [6.07, 6.45) is 0.520. The van der Waals surface area contributed by atoms with Gasteiger partial charge in [-0.3, -0.25) is 9.59 Å². The van der Waals surface area contributed by atoms with Crippen molar-refractivity contribution in [2.45, 2.75) is 19.3 Å². The van der Waals surface area contributed by atoms with Crippen molar-refractivity contribution in [3.63, 3.8) is 0 Å². The molecule has 0 spiro atoms. The van der Waals surface area contributed by atoms with E-state index in [9.17, 15) is 14.7 Å². The van der Waals surface area contributed by atoms with E-state index in [1.54, 1.807) is 12.1 Å². The van der Waals surface area contributed by atoms with E-state index in [1.807, 2.05) is 49.4 Å². The van der Waals surface area contributed by atoms with Gasteiger partial charge in [-0.25, -0.2) is 0 Å². The molecule has 1 N–H and O–H groups in total. The molecule has 0 saturated heterocycles. The van der Waals surface area contributed by atoms with E-state index >= 15 is 0 Å². The molecular formula is C19H16O3. The molecule has 0 amide bonds. The first kappa shape index (κ1) is 14.3. The third-order valence-corrected chi connectivity index (χ3v) is 4.08. The smallest absolute Gasteiger partial charge is 0.310 e. The first-order chi connectivity index (χ1) is 10.6. The SMILES string of the molecule is CC[C@@H](C(=O)O)c1ccc2c(=O)c3ccccc3ccc2c1. The standard InChI is InChI=1S/C19H16O3/c1-2-15(19(21)22)13-9-10-17-14(11-13)8-7-12-5-3-4-6-16(12)18(17)20/h3-11,15H,2H2,1H3,(H,21,22)/t15-/m1/s1. The van der Waals surface area contributed by atoms with Gasteiger partial charge in [-0.15, -0.1) is 0 Å². The normalized spacial score (nSPS) is 12.4. The Labute approximate surface area is 127 Å². The predicted octanol–water partition coefficient (Wildman–Crippen LogP) is 3.93. The van der Waals surface area contributed by atoms with E-state index in [-0.39, 0.29) is 5.43 Å². The van der Waals surface area contributed by atoms with Crippen LogP contribution in [0.4, 0.5) is 0 Å². The van der Waals surface area contributed by atoms with Crippen LogP contribution in [0.1, 0.15) is 24.8 Å². The van der Waals surface area contributed by atoms with Crippen LogP contribution in [0, 0.1) is 0 Å². The fraction of sp³-hybridized carbons (Fsp3) is 0.158. The topological polar surface area (TPSA) is 54.4 Å². The lowest BCUT2D eigenvalue weighted by atomic mass is 9.95. The molecule has 0 fully saturated rings. The van der Waals surface area contributed by atoms with Crippen LogP contribution in [0.25, 0.3) is 21.5 Å². The number of hydrogen-bond acceptors (Lipinski definition) is 2. The molecule has 3 rings (SSSR count). The minimum absolute atomic E-state index is 0.0227. The Kier molecular flexibility index (Phi) is 3.63. The average molecular weight is 292 g/mol. The zero-order chi connectivity index (χ0) is 15.7. The Balaban J connectivity index is 2.33. The van der Waals surface area contributed by atoms with Crippen molar-refractivity contribution in [3.05, 3.63) is 70.4 Å². The second-order valence-electron chi connectivity index (χ2n) is 5.40. The van der Waals surface area contributed by atoms with Crippen molar-refractivity contribution >= 4 is 27.5 Å². The zero-order valence-corrected chi connectivity index (χ0v) is 12.2. The van der Waals surface area contributed by atoms with Gasteiger partial charge < -0.3 is 5.11 Å². The van der Waals surface area contributed by atoms with Crippen molar-refractivity contribution in [3.8, 4) is 0 Å². The van der Waals surface area contributed by atoms with E-state index in [0.29, 0.717) is 17.2 Å². The highest BCUT2D eigenvalue weighted by Crippen LogP contribution is 2.24. The number of carboxylic acids is 1. The van der Waals surface area contributed by atoms with E-state index < -0.39 is 11.9 Å². The molecule has 0 heterocycles. The number of carboxylic acid groups (broad SMARTS) is 1. The van der Waals surface area contributed by atoms with Crippen LogP contribution in [-0.2, 0) is 4.79 Å². The Hall–Kier alpha value is -2.68. The fourth-order valence-corrected chi connectivity index (χ4v) is 2.87. The summed E-state index contributed by atoms with van der Waals surface area (Å²) in [5.74, 6) is -1.38. The number of aliphatic carboxylic acids is 1. The maximum Gasteiger partial charge on any atom is 0.310 e. The van der Waals surface area contributed by atoms with E-state index in [4.69, 9.17) is 0 Å². The zero-order valence-electron chi connectivity index (χ0n) is 12.2. The number of carbonyl (C=O) groups is 1. The van der Waals surface area contributed by atoms with E-state index in [2.05, 4.69) is 0 Å². The van der Waals surface area contributed by atoms with Crippen LogP contribution in [0.5, 0.6) is 0 Å². The number of fused-ring (bicyclic) bond motifs is 2. The molecule has 0 bridgehead atoms. The predicted molar refractivity (Wildman–Crippen MR) is 88.4 cm³/mol. The molecule has 0 aliphatic heterocycles. The van der Waals surface area contributed by atoms with Gasteiger partial charge in [0.05, 0.1) is 5.92 Å². The molecule has 0 unspecified atom stereocenters.